The Morgan fingerprint density at radius 3 is 2.85 bits per heavy atom. The van der Waals surface area contributed by atoms with Crippen LogP contribution in [0.4, 0.5) is 0 Å². The molecule has 1 saturated carbocycles. The number of rotatable bonds is 5. The van der Waals surface area contributed by atoms with Gasteiger partial charge in [-0.15, -0.1) is 24.0 Å². The molecule has 2 N–H and O–H groups in total. The fourth-order valence-corrected chi connectivity index (χ4v) is 3.63. The molecule has 1 aliphatic carbocycles. The molecular weight excluding hydrogens is 455 g/mol. The van der Waals surface area contributed by atoms with Crippen LogP contribution in [0.25, 0.3) is 0 Å². The Labute approximate surface area is 177 Å². The number of aryl methyl sites for hydroxylation is 1. The summed E-state index contributed by atoms with van der Waals surface area (Å²) < 4.78 is 7.12. The van der Waals surface area contributed by atoms with Gasteiger partial charge in [0.1, 0.15) is 12.4 Å². The molecule has 2 heterocycles. The number of hydrogen-bond acceptors (Lipinski definition) is 4. The third-order valence-corrected chi connectivity index (χ3v) is 5.08. The van der Waals surface area contributed by atoms with Crippen LogP contribution in [0.1, 0.15) is 36.0 Å². The van der Waals surface area contributed by atoms with Crippen LogP contribution in [-0.2, 0) is 24.3 Å². The Morgan fingerprint density at radius 2 is 2.11 bits per heavy atom. The van der Waals surface area contributed by atoms with Crippen LogP contribution in [-0.4, -0.2) is 47.0 Å². The molecule has 2 aromatic rings. The number of guanidine groups is 1. The molecule has 4 rings (SSSR count). The van der Waals surface area contributed by atoms with E-state index >= 15 is 0 Å². The van der Waals surface area contributed by atoms with Gasteiger partial charge in [-0.1, -0.05) is 30.3 Å². The topological polar surface area (TPSA) is 76.4 Å². The first-order valence-electron chi connectivity index (χ1n) is 9.23. The minimum Gasteiger partial charge on any atom is -0.377 e. The highest BCUT2D eigenvalue weighted by atomic mass is 127. The zero-order chi connectivity index (χ0) is 17.9. The summed E-state index contributed by atoms with van der Waals surface area (Å²) in [5.41, 5.74) is 1.40. The van der Waals surface area contributed by atoms with Crippen LogP contribution in [0.2, 0.25) is 0 Å². The summed E-state index contributed by atoms with van der Waals surface area (Å²) >= 11 is 0. The number of nitrogens with one attached hydrogen (secondary N) is 2. The van der Waals surface area contributed by atoms with Gasteiger partial charge in [0.05, 0.1) is 6.54 Å². The fraction of sp³-hybridized carbons (Fsp3) is 0.526. The Morgan fingerprint density at radius 1 is 1.30 bits per heavy atom. The number of nitrogens with zero attached hydrogens (tertiary/aromatic N) is 4. The first kappa shape index (κ1) is 20.1. The number of halogens is 1. The van der Waals surface area contributed by atoms with Gasteiger partial charge in [-0.2, -0.15) is 5.10 Å². The average Bonchev–Trinajstić information content (AvgIpc) is 3.32. The summed E-state index contributed by atoms with van der Waals surface area (Å²) in [5, 5.41) is 11.6. The predicted molar refractivity (Wildman–Crippen MR) is 115 cm³/mol. The van der Waals surface area contributed by atoms with Crippen molar-refractivity contribution in [3.63, 3.8) is 0 Å². The molecule has 1 fully saturated rings. The van der Waals surface area contributed by atoms with E-state index < -0.39 is 0 Å². The van der Waals surface area contributed by atoms with Crippen molar-refractivity contribution >= 4 is 29.9 Å². The van der Waals surface area contributed by atoms with Gasteiger partial charge in [0.25, 0.3) is 0 Å². The first-order valence-corrected chi connectivity index (χ1v) is 9.23. The van der Waals surface area contributed by atoms with Gasteiger partial charge in [-0.25, -0.2) is 9.67 Å². The lowest BCUT2D eigenvalue weighted by Gasteiger charge is -2.25. The second-order valence-electron chi connectivity index (χ2n) is 7.02. The SMILES string of the molecule is CN=C(NC1CCc2nc(COC)nn2C1)NC1CC1c1ccccc1.I. The molecule has 0 saturated heterocycles. The van der Waals surface area contributed by atoms with Gasteiger partial charge in [-0.3, -0.25) is 4.99 Å². The van der Waals surface area contributed by atoms with Crippen molar-refractivity contribution in [2.24, 2.45) is 4.99 Å². The van der Waals surface area contributed by atoms with Crippen LogP contribution in [0.3, 0.4) is 0 Å². The number of fused-ring (bicyclic) bond motifs is 1. The predicted octanol–water partition coefficient (Wildman–Crippen LogP) is 2.08. The van der Waals surface area contributed by atoms with Crippen LogP contribution >= 0.6 is 24.0 Å². The Bertz CT molecular complexity index is 778. The maximum absolute atomic E-state index is 5.13. The lowest BCUT2D eigenvalue weighted by atomic mass is 10.1. The second-order valence-corrected chi connectivity index (χ2v) is 7.02. The third-order valence-electron chi connectivity index (χ3n) is 5.08. The number of methoxy groups -OCH3 is 1. The van der Waals surface area contributed by atoms with E-state index in [4.69, 9.17) is 4.74 Å². The number of ether oxygens (including phenoxy) is 1. The number of benzene rings is 1. The Kier molecular flexibility index (Phi) is 6.69. The molecule has 0 bridgehead atoms. The smallest absolute Gasteiger partial charge is 0.191 e. The van der Waals surface area contributed by atoms with E-state index in [-0.39, 0.29) is 24.0 Å². The standard InChI is InChI=1S/C19H26N6O.HI/c1-20-19(22-16-10-15(16)13-6-4-3-5-7-13)21-14-8-9-18-23-17(12-26-2)24-25(18)11-14;/h3-7,14-16H,8-12H2,1-2H3,(H2,20,21,22);1H. The highest BCUT2D eigenvalue weighted by Crippen LogP contribution is 2.40. The summed E-state index contributed by atoms with van der Waals surface area (Å²) in [4.78, 5) is 8.94. The Hall–Kier alpha value is -1.68. The summed E-state index contributed by atoms with van der Waals surface area (Å²) in [6, 6.07) is 11.4. The first-order chi connectivity index (χ1) is 12.8. The van der Waals surface area contributed by atoms with Crippen molar-refractivity contribution < 1.29 is 4.74 Å². The van der Waals surface area contributed by atoms with E-state index in [9.17, 15) is 0 Å². The number of aliphatic imine (C=N–C) groups is 1. The molecule has 8 heteroatoms. The van der Waals surface area contributed by atoms with E-state index in [0.29, 0.717) is 24.6 Å². The molecule has 1 aromatic heterocycles. The Balaban J connectivity index is 0.00000210. The molecule has 1 aromatic carbocycles. The van der Waals surface area contributed by atoms with E-state index in [1.54, 1.807) is 7.11 Å². The number of hydrogen-bond donors (Lipinski definition) is 2. The summed E-state index contributed by atoms with van der Waals surface area (Å²) in [5.74, 6) is 3.26. The van der Waals surface area contributed by atoms with Gasteiger partial charge in [0, 0.05) is 38.6 Å². The lowest BCUT2D eigenvalue weighted by Crippen LogP contribution is -2.47. The van der Waals surface area contributed by atoms with Gasteiger partial charge < -0.3 is 15.4 Å². The van der Waals surface area contributed by atoms with Crippen molar-refractivity contribution in [2.75, 3.05) is 14.2 Å². The van der Waals surface area contributed by atoms with E-state index in [1.165, 1.54) is 5.56 Å². The fourth-order valence-electron chi connectivity index (χ4n) is 3.63. The average molecular weight is 482 g/mol. The van der Waals surface area contributed by atoms with Crippen molar-refractivity contribution in [3.05, 3.63) is 47.5 Å². The third kappa shape index (κ3) is 4.78. The molecule has 7 nitrogen and oxygen atoms in total. The second kappa shape index (κ2) is 9.01. The summed E-state index contributed by atoms with van der Waals surface area (Å²) in [6.45, 7) is 1.27. The highest BCUT2D eigenvalue weighted by Gasteiger charge is 2.39. The van der Waals surface area contributed by atoms with Gasteiger partial charge in [-0.05, 0) is 18.4 Å². The summed E-state index contributed by atoms with van der Waals surface area (Å²) in [6.07, 6.45) is 3.10. The van der Waals surface area contributed by atoms with E-state index in [1.807, 2.05) is 11.7 Å². The van der Waals surface area contributed by atoms with E-state index in [2.05, 4.69) is 56.0 Å². The van der Waals surface area contributed by atoms with Crippen LogP contribution in [0.15, 0.2) is 35.3 Å². The minimum atomic E-state index is 0. The minimum absolute atomic E-state index is 0. The molecule has 0 spiro atoms. The van der Waals surface area contributed by atoms with Crippen molar-refractivity contribution in [1.82, 2.24) is 25.4 Å². The van der Waals surface area contributed by atoms with Gasteiger partial charge >= 0.3 is 0 Å². The van der Waals surface area contributed by atoms with Crippen LogP contribution in [0, 0.1) is 0 Å². The lowest BCUT2D eigenvalue weighted by molar-refractivity contribution is 0.177. The van der Waals surface area contributed by atoms with Gasteiger partial charge in [0.15, 0.2) is 11.8 Å². The zero-order valence-electron chi connectivity index (χ0n) is 15.8. The monoisotopic (exact) mass is 482 g/mol. The maximum atomic E-state index is 5.13. The van der Waals surface area contributed by atoms with Gasteiger partial charge in [0.2, 0.25) is 0 Å². The van der Waals surface area contributed by atoms with Crippen molar-refractivity contribution in [1.29, 1.82) is 0 Å². The van der Waals surface area contributed by atoms with Crippen molar-refractivity contribution in [2.45, 2.75) is 50.4 Å². The maximum Gasteiger partial charge on any atom is 0.191 e. The molecular formula is C19H27IN6O. The quantitative estimate of drug-likeness (QED) is 0.388. The summed E-state index contributed by atoms with van der Waals surface area (Å²) in [7, 11) is 3.50. The molecule has 3 atom stereocenters. The molecule has 146 valence electrons. The molecule has 2 aliphatic rings. The molecule has 27 heavy (non-hydrogen) atoms. The molecule has 3 unspecified atom stereocenters. The van der Waals surface area contributed by atoms with E-state index in [0.717, 1.165) is 43.4 Å². The molecule has 0 amide bonds. The highest BCUT2D eigenvalue weighted by molar-refractivity contribution is 14.0. The van der Waals surface area contributed by atoms with Crippen molar-refractivity contribution in [3.8, 4) is 0 Å². The normalized spacial score (nSPS) is 23.9. The zero-order valence-corrected chi connectivity index (χ0v) is 18.1. The largest absolute Gasteiger partial charge is 0.377 e. The van der Waals surface area contributed by atoms with Crippen LogP contribution < -0.4 is 10.6 Å². The van der Waals surface area contributed by atoms with Crippen LogP contribution in [0.5, 0.6) is 0 Å². The molecule has 1 aliphatic heterocycles. The molecule has 0 radical (unpaired) electrons. The number of aromatic nitrogens is 3.